The van der Waals surface area contributed by atoms with Crippen molar-refractivity contribution in [2.45, 2.75) is 19.9 Å². The van der Waals surface area contributed by atoms with Crippen LogP contribution in [0, 0.1) is 12.3 Å². The van der Waals surface area contributed by atoms with Gasteiger partial charge in [-0.1, -0.05) is 12.1 Å². The number of hydrogen-bond acceptors (Lipinski definition) is 2. The highest BCUT2D eigenvalue weighted by Gasteiger charge is 2.24. The monoisotopic (exact) mass is 232 g/mol. The van der Waals surface area contributed by atoms with Crippen LogP contribution in [0.15, 0.2) is 24.3 Å². The maximum atomic E-state index is 7.47. The normalized spacial score (nSPS) is 20.5. The van der Waals surface area contributed by atoms with Crippen LogP contribution in [-0.2, 0) is 0 Å². The summed E-state index contributed by atoms with van der Waals surface area (Å²) in [5.41, 5.74) is 8.07. The number of rotatable bonds is 1. The van der Waals surface area contributed by atoms with Crippen molar-refractivity contribution in [2.75, 3.05) is 24.5 Å². The first-order valence-electron chi connectivity index (χ1n) is 6.00. The van der Waals surface area contributed by atoms with Gasteiger partial charge in [0.05, 0.1) is 0 Å². The van der Waals surface area contributed by atoms with Crippen LogP contribution >= 0.6 is 0 Å². The molecule has 0 amide bonds. The van der Waals surface area contributed by atoms with Crippen LogP contribution in [0.2, 0.25) is 0 Å². The zero-order valence-corrected chi connectivity index (χ0v) is 10.5. The predicted octanol–water partition coefficient (Wildman–Crippen LogP) is 1.40. The Balaban J connectivity index is 2.12. The average Bonchev–Trinajstić information content (AvgIpc) is 2.28. The lowest BCUT2D eigenvalue weighted by Gasteiger charge is -2.41. The Morgan fingerprint density at radius 2 is 2.18 bits per heavy atom. The van der Waals surface area contributed by atoms with E-state index in [9.17, 15) is 0 Å². The van der Waals surface area contributed by atoms with E-state index in [-0.39, 0.29) is 5.96 Å². The third kappa shape index (κ3) is 2.52. The molecule has 1 aliphatic rings. The van der Waals surface area contributed by atoms with E-state index in [1.807, 2.05) is 4.90 Å². The Morgan fingerprint density at radius 1 is 1.41 bits per heavy atom. The highest BCUT2D eigenvalue weighted by atomic mass is 15.3. The zero-order valence-electron chi connectivity index (χ0n) is 10.5. The van der Waals surface area contributed by atoms with Gasteiger partial charge in [0.1, 0.15) is 0 Å². The number of nitrogens with zero attached hydrogens (tertiary/aromatic N) is 2. The summed E-state index contributed by atoms with van der Waals surface area (Å²) < 4.78 is 0. The minimum atomic E-state index is 0.181. The van der Waals surface area contributed by atoms with Crippen LogP contribution in [-0.4, -0.2) is 36.5 Å². The second kappa shape index (κ2) is 4.65. The third-order valence-corrected chi connectivity index (χ3v) is 3.30. The van der Waals surface area contributed by atoms with Crippen molar-refractivity contribution in [3.8, 4) is 0 Å². The molecule has 0 radical (unpaired) electrons. The largest absolute Gasteiger partial charge is 0.370 e. The minimum absolute atomic E-state index is 0.181. The van der Waals surface area contributed by atoms with Crippen molar-refractivity contribution in [1.29, 1.82) is 5.41 Å². The number of hydrogen-bond donors (Lipinski definition) is 2. The molecular weight excluding hydrogens is 212 g/mol. The van der Waals surface area contributed by atoms with Gasteiger partial charge in [-0.05, 0) is 31.5 Å². The van der Waals surface area contributed by atoms with Crippen LogP contribution in [0.3, 0.4) is 0 Å². The van der Waals surface area contributed by atoms with Crippen LogP contribution < -0.4 is 10.6 Å². The van der Waals surface area contributed by atoms with Gasteiger partial charge in [0, 0.05) is 31.4 Å². The van der Waals surface area contributed by atoms with Gasteiger partial charge >= 0.3 is 0 Å². The Kier molecular flexibility index (Phi) is 3.22. The maximum absolute atomic E-state index is 7.47. The summed E-state index contributed by atoms with van der Waals surface area (Å²) >= 11 is 0. The van der Waals surface area contributed by atoms with Gasteiger partial charge in [0.25, 0.3) is 0 Å². The topological polar surface area (TPSA) is 56.4 Å². The molecule has 4 nitrogen and oxygen atoms in total. The SMILES string of the molecule is Cc1cccc(N2CCN(C(=N)N)C[C@@H]2C)c1. The molecule has 2 rings (SSSR count). The molecule has 1 saturated heterocycles. The standard InChI is InChI=1S/C13H20N4/c1-10-4-3-5-12(8-10)17-7-6-16(13(14)15)9-11(17)2/h3-5,8,11H,6-7,9H2,1-2H3,(H3,14,15)/t11-/m0/s1. The Morgan fingerprint density at radius 3 is 2.76 bits per heavy atom. The average molecular weight is 232 g/mol. The fourth-order valence-corrected chi connectivity index (χ4v) is 2.37. The molecule has 92 valence electrons. The van der Waals surface area contributed by atoms with E-state index in [1.54, 1.807) is 0 Å². The second-order valence-corrected chi connectivity index (χ2v) is 4.71. The molecule has 1 aromatic rings. The Bertz CT molecular complexity index is 416. The molecule has 0 aliphatic carbocycles. The van der Waals surface area contributed by atoms with Gasteiger partial charge in [0.2, 0.25) is 0 Å². The smallest absolute Gasteiger partial charge is 0.188 e. The van der Waals surface area contributed by atoms with Gasteiger partial charge in [-0.15, -0.1) is 0 Å². The second-order valence-electron chi connectivity index (χ2n) is 4.71. The van der Waals surface area contributed by atoms with E-state index >= 15 is 0 Å². The number of aryl methyl sites for hydroxylation is 1. The first-order valence-corrected chi connectivity index (χ1v) is 6.00. The summed E-state index contributed by atoms with van der Waals surface area (Å²) in [6, 6.07) is 8.94. The van der Waals surface area contributed by atoms with Crippen molar-refractivity contribution >= 4 is 11.6 Å². The summed E-state index contributed by atoms with van der Waals surface area (Å²) in [4.78, 5) is 4.31. The number of anilines is 1. The highest BCUT2D eigenvalue weighted by Crippen LogP contribution is 2.21. The molecule has 1 aromatic carbocycles. The van der Waals surface area contributed by atoms with Gasteiger partial charge in [-0.3, -0.25) is 5.41 Å². The van der Waals surface area contributed by atoms with Crippen LogP contribution in [0.25, 0.3) is 0 Å². The van der Waals surface area contributed by atoms with Crippen LogP contribution in [0.4, 0.5) is 5.69 Å². The quantitative estimate of drug-likeness (QED) is 0.568. The summed E-state index contributed by atoms with van der Waals surface area (Å²) in [5, 5.41) is 7.47. The molecule has 1 fully saturated rings. The van der Waals surface area contributed by atoms with Crippen molar-refractivity contribution in [2.24, 2.45) is 5.73 Å². The molecule has 0 unspecified atom stereocenters. The molecule has 0 bridgehead atoms. The highest BCUT2D eigenvalue weighted by molar-refractivity contribution is 5.75. The van der Waals surface area contributed by atoms with E-state index in [1.165, 1.54) is 11.3 Å². The Hall–Kier alpha value is -1.71. The molecule has 0 saturated carbocycles. The molecule has 1 aliphatic heterocycles. The molecule has 4 heteroatoms. The van der Waals surface area contributed by atoms with Gasteiger partial charge in [0.15, 0.2) is 5.96 Å². The number of nitrogens with one attached hydrogen (secondary N) is 1. The van der Waals surface area contributed by atoms with E-state index in [0.717, 1.165) is 19.6 Å². The van der Waals surface area contributed by atoms with Gasteiger partial charge < -0.3 is 15.5 Å². The van der Waals surface area contributed by atoms with Gasteiger partial charge in [-0.25, -0.2) is 0 Å². The predicted molar refractivity (Wildman–Crippen MR) is 71.5 cm³/mol. The third-order valence-electron chi connectivity index (χ3n) is 3.30. The van der Waals surface area contributed by atoms with Crippen molar-refractivity contribution in [3.63, 3.8) is 0 Å². The Labute approximate surface area is 103 Å². The molecular formula is C13H20N4. The maximum Gasteiger partial charge on any atom is 0.188 e. The molecule has 3 N–H and O–H groups in total. The van der Waals surface area contributed by atoms with E-state index in [2.05, 4.69) is 43.0 Å². The number of piperazine rings is 1. The molecule has 0 aromatic heterocycles. The number of nitrogens with two attached hydrogens (primary N) is 1. The van der Waals surface area contributed by atoms with E-state index in [0.29, 0.717) is 6.04 Å². The first kappa shape index (κ1) is 11.8. The molecule has 1 heterocycles. The molecule has 0 spiro atoms. The van der Waals surface area contributed by atoms with E-state index in [4.69, 9.17) is 11.1 Å². The van der Waals surface area contributed by atoms with Crippen LogP contribution in [0.1, 0.15) is 12.5 Å². The summed E-state index contributed by atoms with van der Waals surface area (Å²) in [6.07, 6.45) is 0. The van der Waals surface area contributed by atoms with Crippen LogP contribution in [0.5, 0.6) is 0 Å². The zero-order chi connectivity index (χ0) is 12.4. The minimum Gasteiger partial charge on any atom is -0.370 e. The van der Waals surface area contributed by atoms with E-state index < -0.39 is 0 Å². The lowest BCUT2D eigenvalue weighted by atomic mass is 10.1. The molecule has 17 heavy (non-hydrogen) atoms. The fourth-order valence-electron chi connectivity index (χ4n) is 2.37. The van der Waals surface area contributed by atoms with Crippen molar-refractivity contribution in [1.82, 2.24) is 4.90 Å². The van der Waals surface area contributed by atoms with Gasteiger partial charge in [-0.2, -0.15) is 0 Å². The summed E-state index contributed by atoms with van der Waals surface area (Å²) in [6.45, 7) is 6.86. The fraction of sp³-hybridized carbons (Fsp3) is 0.462. The molecule has 1 atom stereocenters. The summed E-state index contributed by atoms with van der Waals surface area (Å²) in [7, 11) is 0. The van der Waals surface area contributed by atoms with Crippen molar-refractivity contribution < 1.29 is 0 Å². The first-order chi connectivity index (χ1) is 8.08. The lowest BCUT2D eigenvalue weighted by molar-refractivity contribution is 0.333. The number of benzene rings is 1. The van der Waals surface area contributed by atoms with Crippen molar-refractivity contribution in [3.05, 3.63) is 29.8 Å². The summed E-state index contributed by atoms with van der Waals surface area (Å²) in [5.74, 6) is 0.181. The number of guanidine groups is 1. The lowest BCUT2D eigenvalue weighted by Crippen LogP contribution is -2.55.